The van der Waals surface area contributed by atoms with Crippen molar-refractivity contribution in [1.82, 2.24) is 4.98 Å². The van der Waals surface area contributed by atoms with Gasteiger partial charge in [-0.05, 0) is 31.5 Å². The van der Waals surface area contributed by atoms with E-state index in [1.54, 1.807) is 30.5 Å². The summed E-state index contributed by atoms with van der Waals surface area (Å²) in [5.41, 5.74) is 2.86. The Morgan fingerprint density at radius 3 is 2.81 bits per heavy atom. The van der Waals surface area contributed by atoms with Crippen LogP contribution in [0.3, 0.4) is 0 Å². The van der Waals surface area contributed by atoms with E-state index in [9.17, 15) is 14.9 Å². The summed E-state index contributed by atoms with van der Waals surface area (Å²) in [7, 11) is 0. The van der Waals surface area contributed by atoms with Crippen molar-refractivity contribution in [3.63, 3.8) is 0 Å². The Kier molecular flexibility index (Phi) is 5.46. The number of aromatic nitrogens is 1. The third-order valence-electron chi connectivity index (χ3n) is 3.81. The first-order chi connectivity index (χ1) is 12.9. The molecule has 0 saturated heterocycles. The fourth-order valence-corrected chi connectivity index (χ4v) is 3.17. The predicted molar refractivity (Wildman–Crippen MR) is 104 cm³/mol. The van der Waals surface area contributed by atoms with Crippen LogP contribution in [-0.2, 0) is 4.79 Å². The highest BCUT2D eigenvalue weighted by Gasteiger charge is 2.14. The van der Waals surface area contributed by atoms with Crippen molar-refractivity contribution >= 4 is 28.1 Å². The van der Waals surface area contributed by atoms with Crippen molar-refractivity contribution in [1.29, 1.82) is 0 Å². The normalized spacial score (nSPS) is 10.4. The second kappa shape index (κ2) is 7.96. The minimum atomic E-state index is -0.420. The molecule has 3 aromatic rings. The van der Waals surface area contributed by atoms with Gasteiger partial charge in [-0.25, -0.2) is 4.98 Å². The Morgan fingerprint density at radius 2 is 2.07 bits per heavy atom. The number of hydrogen-bond acceptors (Lipinski definition) is 6. The van der Waals surface area contributed by atoms with Crippen molar-refractivity contribution in [3.05, 3.63) is 69.1 Å². The molecule has 0 spiro atoms. The maximum Gasteiger partial charge on any atom is 0.272 e. The Bertz CT molecular complexity index is 1000. The zero-order chi connectivity index (χ0) is 19.4. The molecule has 0 saturated carbocycles. The molecule has 0 aliphatic carbocycles. The number of anilines is 1. The van der Waals surface area contributed by atoms with Crippen LogP contribution in [0.15, 0.2) is 47.8 Å². The standard InChI is InChI=1S/C19H17N3O4S/c1-12-4-3-5-15(8-12)26-10-18(23)21-19-20-16(11-27-19)14-7-6-13(2)17(9-14)22(24)25/h3-9,11H,10H2,1-2H3,(H,20,21,23). The Labute approximate surface area is 159 Å². The molecule has 27 heavy (non-hydrogen) atoms. The first kappa shape index (κ1) is 18.5. The van der Waals surface area contributed by atoms with Gasteiger partial charge in [-0.1, -0.05) is 24.3 Å². The lowest BCUT2D eigenvalue weighted by Crippen LogP contribution is -2.20. The maximum absolute atomic E-state index is 12.0. The third kappa shape index (κ3) is 4.68. The van der Waals surface area contributed by atoms with Crippen LogP contribution in [0.1, 0.15) is 11.1 Å². The van der Waals surface area contributed by atoms with E-state index in [0.29, 0.717) is 27.7 Å². The van der Waals surface area contributed by atoms with Crippen molar-refractivity contribution in [2.75, 3.05) is 11.9 Å². The molecule has 0 bridgehead atoms. The van der Waals surface area contributed by atoms with E-state index in [4.69, 9.17) is 4.74 Å². The predicted octanol–water partition coefficient (Wildman–Crippen LogP) is 4.35. The molecule has 1 amide bonds. The first-order valence-corrected chi connectivity index (χ1v) is 9.00. The quantitative estimate of drug-likeness (QED) is 0.504. The monoisotopic (exact) mass is 383 g/mol. The Hall–Kier alpha value is -3.26. The van der Waals surface area contributed by atoms with E-state index in [-0.39, 0.29) is 18.2 Å². The van der Waals surface area contributed by atoms with Crippen LogP contribution in [0, 0.1) is 24.0 Å². The summed E-state index contributed by atoms with van der Waals surface area (Å²) in [6.45, 7) is 3.50. The van der Waals surface area contributed by atoms with Crippen LogP contribution in [0.2, 0.25) is 0 Å². The molecular weight excluding hydrogens is 366 g/mol. The zero-order valence-electron chi connectivity index (χ0n) is 14.8. The lowest BCUT2D eigenvalue weighted by atomic mass is 10.1. The number of ether oxygens (including phenoxy) is 1. The molecule has 0 unspecified atom stereocenters. The van der Waals surface area contributed by atoms with Crippen LogP contribution in [0.5, 0.6) is 5.75 Å². The topological polar surface area (TPSA) is 94.4 Å². The number of carbonyl (C=O) groups excluding carboxylic acids is 1. The highest BCUT2D eigenvalue weighted by molar-refractivity contribution is 7.14. The lowest BCUT2D eigenvalue weighted by Gasteiger charge is -2.06. The summed E-state index contributed by atoms with van der Waals surface area (Å²) in [6, 6.07) is 12.4. The van der Waals surface area contributed by atoms with Gasteiger partial charge in [0.2, 0.25) is 0 Å². The molecule has 1 N–H and O–H groups in total. The Balaban J connectivity index is 1.65. The second-order valence-electron chi connectivity index (χ2n) is 5.95. The summed E-state index contributed by atoms with van der Waals surface area (Å²) >= 11 is 1.25. The average Bonchev–Trinajstić information content (AvgIpc) is 3.08. The number of carbonyl (C=O) groups is 1. The van der Waals surface area contributed by atoms with E-state index < -0.39 is 4.92 Å². The molecule has 1 aromatic heterocycles. The van der Waals surface area contributed by atoms with Gasteiger partial charge in [-0.15, -0.1) is 11.3 Å². The molecule has 3 rings (SSSR count). The molecule has 1 heterocycles. The van der Waals surface area contributed by atoms with Crippen LogP contribution >= 0.6 is 11.3 Å². The average molecular weight is 383 g/mol. The largest absolute Gasteiger partial charge is 0.484 e. The molecule has 7 nitrogen and oxygen atoms in total. The van der Waals surface area contributed by atoms with Gasteiger partial charge < -0.3 is 4.74 Å². The summed E-state index contributed by atoms with van der Waals surface area (Å²) in [4.78, 5) is 27.0. The zero-order valence-corrected chi connectivity index (χ0v) is 15.6. The van der Waals surface area contributed by atoms with Gasteiger partial charge in [0.25, 0.3) is 11.6 Å². The smallest absolute Gasteiger partial charge is 0.272 e. The van der Waals surface area contributed by atoms with Gasteiger partial charge >= 0.3 is 0 Å². The molecular formula is C19H17N3O4S. The van der Waals surface area contributed by atoms with Crippen molar-refractivity contribution in [3.8, 4) is 17.0 Å². The highest BCUT2D eigenvalue weighted by atomic mass is 32.1. The molecule has 138 valence electrons. The second-order valence-corrected chi connectivity index (χ2v) is 6.81. The van der Waals surface area contributed by atoms with Gasteiger partial charge in [0.15, 0.2) is 11.7 Å². The number of nitrogens with one attached hydrogen (secondary N) is 1. The van der Waals surface area contributed by atoms with E-state index >= 15 is 0 Å². The number of amides is 1. The van der Waals surface area contributed by atoms with Gasteiger partial charge in [-0.3, -0.25) is 20.2 Å². The van der Waals surface area contributed by atoms with Gasteiger partial charge in [0, 0.05) is 22.6 Å². The van der Waals surface area contributed by atoms with Crippen LogP contribution in [-0.4, -0.2) is 22.4 Å². The van der Waals surface area contributed by atoms with Gasteiger partial charge in [-0.2, -0.15) is 0 Å². The fraction of sp³-hybridized carbons (Fsp3) is 0.158. The van der Waals surface area contributed by atoms with Gasteiger partial charge in [0.05, 0.1) is 10.6 Å². The van der Waals surface area contributed by atoms with Crippen molar-refractivity contribution in [2.24, 2.45) is 0 Å². The lowest BCUT2D eigenvalue weighted by molar-refractivity contribution is -0.385. The van der Waals surface area contributed by atoms with E-state index in [0.717, 1.165) is 5.56 Å². The number of nitro groups is 1. The molecule has 0 radical (unpaired) electrons. The van der Waals surface area contributed by atoms with Crippen molar-refractivity contribution in [2.45, 2.75) is 13.8 Å². The van der Waals surface area contributed by atoms with Gasteiger partial charge in [0.1, 0.15) is 5.75 Å². The minimum Gasteiger partial charge on any atom is -0.484 e. The van der Waals surface area contributed by atoms with Crippen LogP contribution in [0.4, 0.5) is 10.8 Å². The molecule has 2 aromatic carbocycles. The highest BCUT2D eigenvalue weighted by Crippen LogP contribution is 2.29. The molecule has 8 heteroatoms. The van der Waals surface area contributed by atoms with Crippen LogP contribution in [0.25, 0.3) is 11.3 Å². The summed E-state index contributed by atoms with van der Waals surface area (Å²) in [5.74, 6) is 0.296. The van der Waals surface area contributed by atoms with E-state index in [2.05, 4.69) is 10.3 Å². The molecule has 0 atom stereocenters. The van der Waals surface area contributed by atoms with Crippen LogP contribution < -0.4 is 10.1 Å². The number of thiazole rings is 1. The Morgan fingerprint density at radius 1 is 1.26 bits per heavy atom. The molecule has 0 aliphatic rings. The van der Waals surface area contributed by atoms with E-state index in [1.807, 2.05) is 25.1 Å². The number of nitrogens with zero attached hydrogens (tertiary/aromatic N) is 2. The summed E-state index contributed by atoms with van der Waals surface area (Å²) in [5, 5.41) is 15.9. The van der Waals surface area contributed by atoms with Crippen molar-refractivity contribution < 1.29 is 14.5 Å². The number of nitro benzene ring substituents is 1. The fourth-order valence-electron chi connectivity index (χ4n) is 2.44. The molecule has 0 aliphatic heterocycles. The first-order valence-electron chi connectivity index (χ1n) is 8.12. The number of aryl methyl sites for hydroxylation is 2. The van der Waals surface area contributed by atoms with E-state index in [1.165, 1.54) is 17.4 Å². The summed E-state index contributed by atoms with van der Waals surface area (Å²) < 4.78 is 5.46. The number of hydrogen-bond donors (Lipinski definition) is 1. The number of benzene rings is 2. The molecule has 0 fully saturated rings. The maximum atomic E-state index is 12.0. The summed E-state index contributed by atoms with van der Waals surface area (Å²) in [6.07, 6.45) is 0. The third-order valence-corrected chi connectivity index (χ3v) is 4.57. The SMILES string of the molecule is Cc1cccc(OCC(=O)Nc2nc(-c3ccc(C)c([N+](=O)[O-])c3)cs2)c1. The minimum absolute atomic E-state index is 0.0395. The number of rotatable bonds is 6.